The summed E-state index contributed by atoms with van der Waals surface area (Å²) in [6, 6.07) is 12.1. The van der Waals surface area contributed by atoms with Gasteiger partial charge in [0.05, 0.1) is 12.8 Å². The lowest BCUT2D eigenvalue weighted by Gasteiger charge is -2.08. The van der Waals surface area contributed by atoms with Crippen LogP contribution in [0.3, 0.4) is 0 Å². The predicted molar refractivity (Wildman–Crippen MR) is 74.7 cm³/mol. The molecule has 0 atom stereocenters. The Kier molecular flexibility index (Phi) is 4.61. The topological polar surface area (TPSA) is 48.1 Å². The third-order valence-corrected chi connectivity index (χ3v) is 3.68. The van der Waals surface area contributed by atoms with Gasteiger partial charge >= 0.3 is 0 Å². The second-order valence-electron chi connectivity index (χ2n) is 3.80. The molecule has 0 saturated heterocycles. The van der Waals surface area contributed by atoms with Gasteiger partial charge in [-0.2, -0.15) is 0 Å². The largest absolute Gasteiger partial charge is 0.496 e. The van der Waals surface area contributed by atoms with E-state index in [0.29, 0.717) is 6.54 Å². The summed E-state index contributed by atoms with van der Waals surface area (Å²) >= 11 is 1.75. The van der Waals surface area contributed by atoms with E-state index in [1.165, 1.54) is 5.56 Å². The number of rotatable bonds is 5. The van der Waals surface area contributed by atoms with Crippen LogP contribution in [0.2, 0.25) is 0 Å². The van der Waals surface area contributed by atoms with E-state index in [0.717, 1.165) is 22.1 Å². The highest BCUT2D eigenvalue weighted by molar-refractivity contribution is 7.98. The van der Waals surface area contributed by atoms with Crippen LogP contribution in [0.4, 0.5) is 0 Å². The van der Waals surface area contributed by atoms with Gasteiger partial charge < -0.3 is 10.5 Å². The van der Waals surface area contributed by atoms with Crippen LogP contribution in [0.25, 0.3) is 0 Å². The minimum absolute atomic E-state index is 0.479. The lowest BCUT2D eigenvalue weighted by molar-refractivity contribution is 0.405. The molecule has 1 heterocycles. The molecule has 3 nitrogen and oxygen atoms in total. The average Bonchev–Trinajstić information content (AvgIpc) is 2.45. The number of ether oxygens (including phenoxy) is 1. The van der Waals surface area contributed by atoms with Crippen LogP contribution >= 0.6 is 11.8 Å². The van der Waals surface area contributed by atoms with E-state index in [2.05, 4.69) is 11.1 Å². The van der Waals surface area contributed by atoms with Crippen molar-refractivity contribution in [2.75, 3.05) is 7.11 Å². The lowest BCUT2D eigenvalue weighted by Crippen LogP contribution is -1.99. The van der Waals surface area contributed by atoms with E-state index in [9.17, 15) is 0 Å². The molecule has 94 valence electrons. The van der Waals surface area contributed by atoms with Gasteiger partial charge in [-0.1, -0.05) is 12.1 Å². The van der Waals surface area contributed by atoms with Gasteiger partial charge in [-0.3, -0.25) is 4.98 Å². The summed E-state index contributed by atoms with van der Waals surface area (Å²) in [5.41, 5.74) is 7.73. The number of nitrogens with zero attached hydrogens (tertiary/aromatic N) is 1. The Morgan fingerprint density at radius 3 is 2.89 bits per heavy atom. The zero-order valence-corrected chi connectivity index (χ0v) is 11.1. The monoisotopic (exact) mass is 260 g/mol. The standard InChI is InChI=1S/C14H16N2OS/c1-17-13-4-2-3-5-14(13)18-10-11-6-7-16-12(8-11)9-15/h2-8H,9-10,15H2,1H3. The molecule has 0 radical (unpaired) electrons. The number of pyridine rings is 1. The average molecular weight is 260 g/mol. The highest BCUT2D eigenvalue weighted by Gasteiger charge is 2.03. The van der Waals surface area contributed by atoms with Gasteiger partial charge in [0.2, 0.25) is 0 Å². The van der Waals surface area contributed by atoms with Crippen molar-refractivity contribution in [2.45, 2.75) is 17.2 Å². The number of benzene rings is 1. The minimum atomic E-state index is 0.479. The van der Waals surface area contributed by atoms with E-state index in [4.69, 9.17) is 10.5 Å². The van der Waals surface area contributed by atoms with Crippen molar-refractivity contribution in [3.05, 3.63) is 53.9 Å². The Morgan fingerprint density at radius 2 is 2.11 bits per heavy atom. The molecular weight excluding hydrogens is 244 g/mol. The molecule has 4 heteroatoms. The van der Waals surface area contributed by atoms with Crippen LogP contribution < -0.4 is 10.5 Å². The van der Waals surface area contributed by atoms with E-state index in [1.807, 2.05) is 30.3 Å². The second-order valence-corrected chi connectivity index (χ2v) is 4.82. The Bertz CT molecular complexity index is 517. The predicted octanol–water partition coefficient (Wildman–Crippen LogP) is 2.84. The van der Waals surface area contributed by atoms with E-state index >= 15 is 0 Å². The van der Waals surface area contributed by atoms with Crippen LogP contribution in [0.1, 0.15) is 11.3 Å². The molecule has 0 aliphatic rings. The Morgan fingerprint density at radius 1 is 1.28 bits per heavy atom. The fourth-order valence-corrected chi connectivity index (χ4v) is 2.60. The highest BCUT2D eigenvalue weighted by Crippen LogP contribution is 2.31. The first-order valence-corrected chi connectivity index (χ1v) is 6.71. The molecule has 0 saturated carbocycles. The van der Waals surface area contributed by atoms with Crippen molar-refractivity contribution in [1.82, 2.24) is 4.98 Å². The molecule has 0 unspecified atom stereocenters. The number of thioether (sulfide) groups is 1. The van der Waals surface area contributed by atoms with Crippen molar-refractivity contribution >= 4 is 11.8 Å². The smallest absolute Gasteiger partial charge is 0.132 e. The molecule has 0 bridgehead atoms. The quantitative estimate of drug-likeness (QED) is 0.840. The molecule has 18 heavy (non-hydrogen) atoms. The molecule has 0 aliphatic heterocycles. The molecule has 2 aromatic rings. The van der Waals surface area contributed by atoms with Crippen LogP contribution in [-0.4, -0.2) is 12.1 Å². The van der Waals surface area contributed by atoms with Gasteiger partial charge in [-0.25, -0.2) is 0 Å². The first kappa shape index (κ1) is 12.9. The summed E-state index contributed by atoms with van der Waals surface area (Å²) in [7, 11) is 1.69. The highest BCUT2D eigenvalue weighted by atomic mass is 32.2. The van der Waals surface area contributed by atoms with Crippen molar-refractivity contribution in [3.8, 4) is 5.75 Å². The Labute approximate surface area is 111 Å². The molecule has 1 aromatic carbocycles. The van der Waals surface area contributed by atoms with Crippen molar-refractivity contribution < 1.29 is 4.74 Å². The Balaban J connectivity index is 2.06. The summed E-state index contributed by atoms with van der Waals surface area (Å²) in [5.74, 6) is 1.80. The summed E-state index contributed by atoms with van der Waals surface area (Å²) in [4.78, 5) is 5.33. The van der Waals surface area contributed by atoms with Gasteiger partial charge in [-0.05, 0) is 29.8 Å². The van der Waals surface area contributed by atoms with Crippen molar-refractivity contribution in [3.63, 3.8) is 0 Å². The zero-order valence-electron chi connectivity index (χ0n) is 10.3. The molecule has 0 amide bonds. The van der Waals surface area contributed by atoms with E-state index < -0.39 is 0 Å². The van der Waals surface area contributed by atoms with Gasteiger partial charge in [0.25, 0.3) is 0 Å². The van der Waals surface area contributed by atoms with Gasteiger partial charge in [-0.15, -0.1) is 11.8 Å². The normalized spacial score (nSPS) is 10.3. The summed E-state index contributed by atoms with van der Waals surface area (Å²) in [5, 5.41) is 0. The second kappa shape index (κ2) is 6.42. The third kappa shape index (κ3) is 3.24. The van der Waals surface area contributed by atoms with Crippen LogP contribution in [0, 0.1) is 0 Å². The molecule has 2 rings (SSSR count). The Hall–Kier alpha value is -1.52. The fourth-order valence-electron chi connectivity index (χ4n) is 1.63. The first-order chi connectivity index (χ1) is 8.83. The van der Waals surface area contributed by atoms with Crippen LogP contribution in [0.15, 0.2) is 47.5 Å². The number of aromatic nitrogens is 1. The summed E-state index contributed by atoms with van der Waals surface area (Å²) < 4.78 is 5.33. The van der Waals surface area contributed by atoms with Gasteiger partial charge in [0.15, 0.2) is 0 Å². The molecule has 0 fully saturated rings. The maximum atomic E-state index is 5.58. The summed E-state index contributed by atoms with van der Waals surface area (Å²) in [6.07, 6.45) is 1.81. The zero-order chi connectivity index (χ0) is 12.8. The number of nitrogens with two attached hydrogens (primary N) is 1. The van der Waals surface area contributed by atoms with Crippen LogP contribution in [-0.2, 0) is 12.3 Å². The number of para-hydroxylation sites is 1. The molecule has 2 N–H and O–H groups in total. The molecule has 1 aromatic heterocycles. The number of hydrogen-bond acceptors (Lipinski definition) is 4. The maximum Gasteiger partial charge on any atom is 0.132 e. The van der Waals surface area contributed by atoms with Gasteiger partial charge in [0.1, 0.15) is 5.75 Å². The molecular formula is C14H16N2OS. The lowest BCUT2D eigenvalue weighted by atomic mass is 10.2. The van der Waals surface area contributed by atoms with Gasteiger partial charge in [0, 0.05) is 23.4 Å². The SMILES string of the molecule is COc1ccccc1SCc1ccnc(CN)c1. The minimum Gasteiger partial charge on any atom is -0.496 e. The van der Waals surface area contributed by atoms with E-state index in [1.54, 1.807) is 25.1 Å². The number of hydrogen-bond donors (Lipinski definition) is 1. The molecule has 0 aliphatic carbocycles. The first-order valence-electron chi connectivity index (χ1n) is 5.73. The maximum absolute atomic E-state index is 5.58. The number of methoxy groups -OCH3 is 1. The molecule has 0 spiro atoms. The fraction of sp³-hybridized carbons (Fsp3) is 0.214. The van der Waals surface area contributed by atoms with E-state index in [-0.39, 0.29) is 0 Å². The van der Waals surface area contributed by atoms with Crippen molar-refractivity contribution in [1.29, 1.82) is 0 Å². The van der Waals surface area contributed by atoms with Crippen molar-refractivity contribution in [2.24, 2.45) is 5.73 Å². The van der Waals surface area contributed by atoms with Crippen LogP contribution in [0.5, 0.6) is 5.75 Å². The summed E-state index contributed by atoms with van der Waals surface area (Å²) in [6.45, 7) is 0.479. The third-order valence-electron chi connectivity index (χ3n) is 2.55.